The molecule has 3 rings (SSSR count). The van der Waals surface area contributed by atoms with E-state index in [1.54, 1.807) is 11.3 Å². The van der Waals surface area contributed by atoms with E-state index < -0.39 is 0 Å². The van der Waals surface area contributed by atoms with Gasteiger partial charge in [-0.15, -0.1) is 23.7 Å². The molecule has 1 aromatic carbocycles. The minimum atomic E-state index is 0. The van der Waals surface area contributed by atoms with Crippen molar-refractivity contribution < 1.29 is 4.79 Å². The van der Waals surface area contributed by atoms with E-state index in [1.807, 2.05) is 31.2 Å². The fourth-order valence-electron chi connectivity index (χ4n) is 2.54. The first-order valence-electron chi connectivity index (χ1n) is 7.26. The third-order valence-corrected chi connectivity index (χ3v) is 4.51. The fraction of sp³-hybridized carbons (Fsp3) is 0.375. The van der Waals surface area contributed by atoms with E-state index in [4.69, 9.17) is 0 Å². The Kier molecular flexibility index (Phi) is 5.94. The molecule has 1 aliphatic rings. The Hall–Kier alpha value is -1.43. The summed E-state index contributed by atoms with van der Waals surface area (Å²) in [6, 6.07) is 7.89. The number of nitrogens with zero attached hydrogens (tertiary/aromatic N) is 1. The summed E-state index contributed by atoms with van der Waals surface area (Å²) < 4.78 is 0. The van der Waals surface area contributed by atoms with Gasteiger partial charge in [0.05, 0.1) is 16.6 Å². The van der Waals surface area contributed by atoms with Crippen molar-refractivity contribution in [3.63, 3.8) is 0 Å². The number of anilines is 1. The minimum Gasteiger partial charge on any atom is -0.326 e. The van der Waals surface area contributed by atoms with E-state index >= 15 is 0 Å². The molecule has 1 fully saturated rings. The van der Waals surface area contributed by atoms with Crippen LogP contribution in [0.3, 0.4) is 0 Å². The number of rotatable bonds is 3. The molecule has 0 bridgehead atoms. The van der Waals surface area contributed by atoms with Crippen molar-refractivity contribution in [3.8, 4) is 11.3 Å². The summed E-state index contributed by atoms with van der Waals surface area (Å²) in [5.41, 5.74) is 2.92. The number of aromatic nitrogens is 1. The Morgan fingerprint density at radius 2 is 2.14 bits per heavy atom. The zero-order valence-corrected chi connectivity index (χ0v) is 14.1. The SMILES string of the molecule is Cc1nc(-c2ccc(NC(=O)[C@@H]3CCCNC3)cc2)cs1.Cl. The maximum Gasteiger partial charge on any atom is 0.228 e. The van der Waals surface area contributed by atoms with Crippen LogP contribution in [0.25, 0.3) is 11.3 Å². The molecule has 2 heterocycles. The van der Waals surface area contributed by atoms with Gasteiger partial charge in [-0.25, -0.2) is 4.98 Å². The number of aryl methyl sites for hydroxylation is 1. The maximum absolute atomic E-state index is 12.2. The average Bonchev–Trinajstić information content (AvgIpc) is 2.95. The standard InChI is InChI=1S/C16H19N3OS.ClH/c1-11-18-15(10-21-11)12-4-6-14(7-5-12)19-16(20)13-3-2-8-17-9-13;/h4-7,10,13,17H,2-3,8-9H2,1H3,(H,19,20);1H/t13-;/m1./s1. The zero-order chi connectivity index (χ0) is 14.7. The lowest BCUT2D eigenvalue weighted by Crippen LogP contribution is -2.37. The van der Waals surface area contributed by atoms with E-state index in [0.29, 0.717) is 0 Å². The second kappa shape index (κ2) is 7.72. The highest BCUT2D eigenvalue weighted by molar-refractivity contribution is 7.09. The molecule has 118 valence electrons. The van der Waals surface area contributed by atoms with Crippen LogP contribution in [0.4, 0.5) is 5.69 Å². The van der Waals surface area contributed by atoms with Crippen molar-refractivity contribution in [2.45, 2.75) is 19.8 Å². The Morgan fingerprint density at radius 1 is 1.36 bits per heavy atom. The lowest BCUT2D eigenvalue weighted by Gasteiger charge is -2.21. The zero-order valence-electron chi connectivity index (χ0n) is 12.5. The Morgan fingerprint density at radius 3 is 2.73 bits per heavy atom. The van der Waals surface area contributed by atoms with E-state index in [2.05, 4.69) is 21.0 Å². The first kappa shape index (κ1) is 16.9. The number of amides is 1. The maximum atomic E-state index is 12.2. The summed E-state index contributed by atoms with van der Waals surface area (Å²) in [5, 5.41) is 9.38. The second-order valence-electron chi connectivity index (χ2n) is 5.36. The second-order valence-corrected chi connectivity index (χ2v) is 6.42. The van der Waals surface area contributed by atoms with Crippen LogP contribution in [0.15, 0.2) is 29.6 Å². The highest BCUT2D eigenvalue weighted by Crippen LogP contribution is 2.23. The van der Waals surface area contributed by atoms with Gasteiger partial charge in [0.1, 0.15) is 0 Å². The minimum absolute atomic E-state index is 0. The number of halogens is 1. The van der Waals surface area contributed by atoms with Gasteiger partial charge in [0, 0.05) is 23.2 Å². The number of hydrogen-bond donors (Lipinski definition) is 2. The van der Waals surface area contributed by atoms with Gasteiger partial charge < -0.3 is 10.6 Å². The molecule has 4 nitrogen and oxygen atoms in total. The topological polar surface area (TPSA) is 54.0 Å². The fourth-order valence-corrected chi connectivity index (χ4v) is 3.16. The average molecular weight is 338 g/mol. The third-order valence-electron chi connectivity index (χ3n) is 3.73. The first-order valence-corrected chi connectivity index (χ1v) is 8.14. The number of benzene rings is 1. The van der Waals surface area contributed by atoms with Crippen LogP contribution in [-0.4, -0.2) is 24.0 Å². The lowest BCUT2D eigenvalue weighted by atomic mass is 9.99. The molecule has 0 aliphatic carbocycles. The molecule has 1 atom stereocenters. The largest absolute Gasteiger partial charge is 0.326 e. The van der Waals surface area contributed by atoms with Crippen LogP contribution in [0, 0.1) is 12.8 Å². The molecule has 0 saturated carbocycles. The van der Waals surface area contributed by atoms with Crippen LogP contribution in [0.2, 0.25) is 0 Å². The van der Waals surface area contributed by atoms with E-state index in [-0.39, 0.29) is 24.2 Å². The van der Waals surface area contributed by atoms with Crippen LogP contribution in [0.5, 0.6) is 0 Å². The van der Waals surface area contributed by atoms with Crippen molar-refractivity contribution in [3.05, 3.63) is 34.7 Å². The van der Waals surface area contributed by atoms with Crippen LogP contribution in [0.1, 0.15) is 17.8 Å². The lowest BCUT2D eigenvalue weighted by molar-refractivity contribution is -0.120. The highest BCUT2D eigenvalue weighted by atomic mass is 35.5. The monoisotopic (exact) mass is 337 g/mol. The van der Waals surface area contributed by atoms with Gasteiger partial charge in [-0.2, -0.15) is 0 Å². The summed E-state index contributed by atoms with van der Waals surface area (Å²) in [7, 11) is 0. The van der Waals surface area contributed by atoms with Gasteiger partial charge in [-0.1, -0.05) is 12.1 Å². The number of nitrogens with one attached hydrogen (secondary N) is 2. The summed E-state index contributed by atoms with van der Waals surface area (Å²) >= 11 is 1.65. The van der Waals surface area contributed by atoms with Crippen molar-refractivity contribution in [2.24, 2.45) is 5.92 Å². The Bertz CT molecular complexity index is 621. The summed E-state index contributed by atoms with van der Waals surface area (Å²) in [6.07, 6.45) is 2.04. The molecule has 2 aromatic rings. The summed E-state index contributed by atoms with van der Waals surface area (Å²) in [4.78, 5) is 16.6. The molecule has 6 heteroatoms. The molecule has 0 radical (unpaired) electrons. The normalized spacial score (nSPS) is 17.6. The number of carbonyl (C=O) groups is 1. The molecule has 0 unspecified atom stereocenters. The Labute approximate surface area is 140 Å². The number of hydrogen-bond acceptors (Lipinski definition) is 4. The summed E-state index contributed by atoms with van der Waals surface area (Å²) in [5.74, 6) is 0.194. The highest BCUT2D eigenvalue weighted by Gasteiger charge is 2.20. The van der Waals surface area contributed by atoms with Crippen molar-refractivity contribution in [1.29, 1.82) is 0 Å². The summed E-state index contributed by atoms with van der Waals surface area (Å²) in [6.45, 7) is 3.80. The molecule has 1 saturated heterocycles. The van der Waals surface area contributed by atoms with Crippen molar-refractivity contribution in [1.82, 2.24) is 10.3 Å². The third kappa shape index (κ3) is 4.06. The van der Waals surface area contributed by atoms with E-state index in [9.17, 15) is 4.79 Å². The van der Waals surface area contributed by atoms with Crippen molar-refractivity contribution >= 4 is 35.3 Å². The van der Waals surface area contributed by atoms with Crippen molar-refractivity contribution in [2.75, 3.05) is 18.4 Å². The number of carbonyl (C=O) groups excluding carboxylic acids is 1. The van der Waals surface area contributed by atoms with Gasteiger partial charge >= 0.3 is 0 Å². The van der Waals surface area contributed by atoms with Gasteiger partial charge in [-0.3, -0.25) is 4.79 Å². The van der Waals surface area contributed by atoms with Crippen LogP contribution >= 0.6 is 23.7 Å². The molecule has 0 spiro atoms. The van der Waals surface area contributed by atoms with Gasteiger partial charge in [-0.05, 0) is 38.4 Å². The van der Waals surface area contributed by atoms with Gasteiger partial charge in [0.25, 0.3) is 0 Å². The molecule has 1 aliphatic heterocycles. The molecule has 22 heavy (non-hydrogen) atoms. The van der Waals surface area contributed by atoms with Gasteiger partial charge in [0.2, 0.25) is 5.91 Å². The Balaban J connectivity index is 0.00000176. The van der Waals surface area contributed by atoms with E-state index in [0.717, 1.165) is 47.9 Å². The predicted molar refractivity (Wildman–Crippen MR) is 93.8 cm³/mol. The smallest absolute Gasteiger partial charge is 0.228 e. The van der Waals surface area contributed by atoms with Gasteiger partial charge in [0.15, 0.2) is 0 Å². The molecule has 2 N–H and O–H groups in total. The molecule has 1 amide bonds. The quantitative estimate of drug-likeness (QED) is 0.901. The predicted octanol–water partition coefficient (Wildman–Crippen LogP) is 3.48. The number of piperidine rings is 1. The van der Waals surface area contributed by atoms with Crippen LogP contribution in [-0.2, 0) is 4.79 Å². The molecule has 1 aromatic heterocycles. The number of thiazole rings is 1. The molecular weight excluding hydrogens is 318 g/mol. The van der Waals surface area contributed by atoms with E-state index in [1.165, 1.54) is 0 Å². The van der Waals surface area contributed by atoms with Crippen LogP contribution < -0.4 is 10.6 Å². The first-order chi connectivity index (χ1) is 10.2. The molecular formula is C16H20ClN3OS.